The minimum Gasteiger partial charge on any atom is -0.384 e. The van der Waals surface area contributed by atoms with Gasteiger partial charge in [-0.05, 0) is 50.1 Å². The van der Waals surface area contributed by atoms with E-state index in [0.29, 0.717) is 5.82 Å². The molecule has 3 aromatic rings. The number of para-hydroxylation sites is 1. The minimum atomic E-state index is -0.0595. The molecule has 2 heterocycles. The van der Waals surface area contributed by atoms with Crippen LogP contribution in [0.5, 0.6) is 0 Å². The van der Waals surface area contributed by atoms with Crippen LogP contribution in [0.4, 0.5) is 5.82 Å². The summed E-state index contributed by atoms with van der Waals surface area (Å²) in [5.74, 6) is 0.403. The van der Waals surface area contributed by atoms with Gasteiger partial charge in [-0.1, -0.05) is 18.2 Å². The quantitative estimate of drug-likeness (QED) is 0.700. The number of fused-ring (bicyclic) bond motifs is 1. The molecule has 0 saturated heterocycles. The molecule has 2 aromatic heterocycles. The van der Waals surface area contributed by atoms with E-state index in [0.717, 1.165) is 22.3 Å². The highest BCUT2D eigenvalue weighted by atomic mass is 16.2. The molecule has 0 aliphatic heterocycles. The van der Waals surface area contributed by atoms with Gasteiger partial charge in [-0.25, -0.2) is 4.98 Å². The first-order valence-electron chi connectivity index (χ1n) is 8.62. The first kappa shape index (κ1) is 17.7. The lowest BCUT2D eigenvalue weighted by Crippen LogP contribution is -2.28. The topological polar surface area (TPSA) is 75.0 Å². The number of anilines is 1. The number of H-pyrrole nitrogens is 1. The fraction of sp³-hybridized carbons (Fsp3) is 0.238. The monoisotopic (exact) mass is 348 g/mol. The molecule has 5 heteroatoms. The Morgan fingerprint density at radius 3 is 2.73 bits per heavy atom. The molecule has 5 nitrogen and oxygen atoms in total. The number of rotatable bonds is 4. The summed E-state index contributed by atoms with van der Waals surface area (Å²) in [6, 6.07) is 9.75. The van der Waals surface area contributed by atoms with Crippen LogP contribution >= 0.6 is 0 Å². The van der Waals surface area contributed by atoms with Gasteiger partial charge in [0.05, 0.1) is 6.04 Å². The number of nitrogens with two attached hydrogens (primary N) is 1. The average molecular weight is 348 g/mol. The van der Waals surface area contributed by atoms with Crippen LogP contribution in [-0.4, -0.2) is 27.8 Å². The number of aromatic amines is 1. The van der Waals surface area contributed by atoms with Gasteiger partial charge in [0.2, 0.25) is 5.91 Å². The molecule has 26 heavy (non-hydrogen) atoms. The number of aromatic nitrogens is 2. The van der Waals surface area contributed by atoms with Crippen LogP contribution in [0.25, 0.3) is 17.0 Å². The van der Waals surface area contributed by atoms with Gasteiger partial charge in [0.25, 0.3) is 0 Å². The summed E-state index contributed by atoms with van der Waals surface area (Å²) in [7, 11) is 1.83. The number of pyridine rings is 1. The summed E-state index contributed by atoms with van der Waals surface area (Å²) >= 11 is 0. The molecular formula is C21H24N4O. The highest BCUT2D eigenvalue weighted by Crippen LogP contribution is 2.32. The van der Waals surface area contributed by atoms with E-state index in [9.17, 15) is 4.79 Å². The van der Waals surface area contributed by atoms with Gasteiger partial charge in [0, 0.05) is 41.5 Å². The van der Waals surface area contributed by atoms with E-state index in [1.54, 1.807) is 29.3 Å². The van der Waals surface area contributed by atoms with Gasteiger partial charge >= 0.3 is 0 Å². The predicted octanol–water partition coefficient (Wildman–Crippen LogP) is 3.99. The third-order valence-corrected chi connectivity index (χ3v) is 4.85. The van der Waals surface area contributed by atoms with Crippen molar-refractivity contribution in [1.29, 1.82) is 0 Å². The number of carbonyl (C=O) groups excluding carboxylic acids is 1. The van der Waals surface area contributed by atoms with Gasteiger partial charge in [-0.15, -0.1) is 0 Å². The van der Waals surface area contributed by atoms with E-state index in [1.807, 2.05) is 13.1 Å². The van der Waals surface area contributed by atoms with E-state index < -0.39 is 0 Å². The highest BCUT2D eigenvalue weighted by Gasteiger charge is 2.21. The maximum Gasteiger partial charge on any atom is 0.246 e. The van der Waals surface area contributed by atoms with Crippen molar-refractivity contribution in [3.05, 3.63) is 65.0 Å². The standard InChI is InChI=1S/C21H24N4O/c1-13-6-5-7-17-20(14(2)24-21(13)17)15(3)25(4)19(26)11-9-16-8-10-18(22)23-12-16/h5-12,15,24H,1-4H3,(H2,22,23). The van der Waals surface area contributed by atoms with Crippen molar-refractivity contribution >= 4 is 28.7 Å². The van der Waals surface area contributed by atoms with Crippen LogP contribution in [0.2, 0.25) is 0 Å². The Bertz CT molecular complexity index is 970. The van der Waals surface area contributed by atoms with Gasteiger partial charge in [-0.2, -0.15) is 0 Å². The first-order valence-corrected chi connectivity index (χ1v) is 8.62. The van der Waals surface area contributed by atoms with Gasteiger partial charge in [0.15, 0.2) is 0 Å². The van der Waals surface area contributed by atoms with E-state index in [2.05, 4.69) is 48.9 Å². The molecule has 1 atom stereocenters. The Morgan fingerprint density at radius 1 is 1.27 bits per heavy atom. The third-order valence-electron chi connectivity index (χ3n) is 4.85. The molecule has 1 unspecified atom stereocenters. The Morgan fingerprint density at radius 2 is 2.04 bits per heavy atom. The van der Waals surface area contributed by atoms with Crippen molar-refractivity contribution in [2.45, 2.75) is 26.8 Å². The van der Waals surface area contributed by atoms with Crippen molar-refractivity contribution in [3.8, 4) is 0 Å². The SMILES string of the molecule is Cc1[nH]c2c(C)cccc2c1C(C)N(C)C(=O)C=Cc1ccc(N)nc1. The van der Waals surface area contributed by atoms with Gasteiger partial charge in [-0.3, -0.25) is 4.79 Å². The molecule has 0 aliphatic carbocycles. The first-order chi connectivity index (χ1) is 12.4. The van der Waals surface area contributed by atoms with E-state index in [4.69, 9.17) is 5.73 Å². The summed E-state index contributed by atoms with van der Waals surface area (Å²) in [4.78, 5) is 21.9. The second-order valence-electron chi connectivity index (χ2n) is 6.64. The lowest BCUT2D eigenvalue weighted by Gasteiger charge is -2.24. The molecular weight excluding hydrogens is 324 g/mol. The number of nitrogen functional groups attached to an aromatic ring is 1. The van der Waals surface area contributed by atoms with E-state index in [-0.39, 0.29) is 11.9 Å². The summed E-state index contributed by atoms with van der Waals surface area (Å²) in [5.41, 5.74) is 11.0. The number of nitrogens with zero attached hydrogens (tertiary/aromatic N) is 2. The highest BCUT2D eigenvalue weighted by molar-refractivity contribution is 5.93. The number of amides is 1. The summed E-state index contributed by atoms with van der Waals surface area (Å²) in [5, 5.41) is 1.17. The summed E-state index contributed by atoms with van der Waals surface area (Å²) in [6.07, 6.45) is 4.97. The minimum absolute atomic E-state index is 0.0488. The number of likely N-dealkylation sites (N-methyl/N-ethyl adjacent to an activating group) is 1. The lowest BCUT2D eigenvalue weighted by atomic mass is 10.0. The third kappa shape index (κ3) is 3.33. The average Bonchev–Trinajstić information content (AvgIpc) is 2.97. The fourth-order valence-electron chi connectivity index (χ4n) is 3.24. The predicted molar refractivity (Wildman–Crippen MR) is 107 cm³/mol. The zero-order valence-electron chi connectivity index (χ0n) is 15.6. The Kier molecular flexibility index (Phi) is 4.80. The number of benzene rings is 1. The molecule has 0 aliphatic rings. The molecule has 1 amide bonds. The van der Waals surface area contributed by atoms with Crippen LogP contribution in [0.1, 0.15) is 35.3 Å². The molecule has 0 spiro atoms. The Balaban J connectivity index is 1.84. The van der Waals surface area contributed by atoms with Crippen molar-refractivity contribution in [1.82, 2.24) is 14.9 Å². The lowest BCUT2D eigenvalue weighted by molar-refractivity contribution is -0.126. The van der Waals surface area contributed by atoms with E-state index >= 15 is 0 Å². The number of carbonyl (C=O) groups is 1. The molecule has 0 fully saturated rings. The molecule has 1 aromatic carbocycles. The smallest absolute Gasteiger partial charge is 0.246 e. The largest absolute Gasteiger partial charge is 0.384 e. The molecule has 0 saturated carbocycles. The summed E-state index contributed by atoms with van der Waals surface area (Å²) in [6.45, 7) is 6.19. The van der Waals surface area contributed by atoms with Gasteiger partial charge < -0.3 is 15.6 Å². The second-order valence-corrected chi connectivity index (χ2v) is 6.64. The molecule has 0 bridgehead atoms. The Hall–Kier alpha value is -3.08. The fourth-order valence-corrected chi connectivity index (χ4v) is 3.24. The van der Waals surface area contributed by atoms with Gasteiger partial charge in [0.1, 0.15) is 5.82 Å². The zero-order valence-corrected chi connectivity index (χ0v) is 15.6. The van der Waals surface area contributed by atoms with Crippen LogP contribution in [-0.2, 0) is 4.79 Å². The maximum absolute atomic E-state index is 12.6. The summed E-state index contributed by atoms with van der Waals surface area (Å²) < 4.78 is 0. The van der Waals surface area contributed by atoms with Crippen molar-refractivity contribution in [2.24, 2.45) is 0 Å². The van der Waals surface area contributed by atoms with Crippen LogP contribution in [0.3, 0.4) is 0 Å². The van der Waals surface area contributed by atoms with Crippen molar-refractivity contribution in [3.63, 3.8) is 0 Å². The Labute approximate surface area is 153 Å². The number of aryl methyl sites for hydroxylation is 2. The molecule has 3 rings (SSSR count). The number of nitrogens with one attached hydrogen (secondary N) is 1. The van der Waals surface area contributed by atoms with E-state index in [1.165, 1.54) is 10.9 Å². The molecule has 3 N–H and O–H groups in total. The van der Waals surface area contributed by atoms with Crippen LogP contribution in [0, 0.1) is 13.8 Å². The van der Waals surface area contributed by atoms with Crippen LogP contribution < -0.4 is 5.73 Å². The number of hydrogen-bond acceptors (Lipinski definition) is 3. The normalized spacial score (nSPS) is 12.6. The van der Waals surface area contributed by atoms with Crippen molar-refractivity contribution in [2.75, 3.05) is 12.8 Å². The molecule has 0 radical (unpaired) electrons. The molecule has 134 valence electrons. The van der Waals surface area contributed by atoms with Crippen molar-refractivity contribution < 1.29 is 4.79 Å². The zero-order chi connectivity index (χ0) is 18.8. The van der Waals surface area contributed by atoms with Crippen LogP contribution in [0.15, 0.2) is 42.6 Å². The number of hydrogen-bond donors (Lipinski definition) is 2. The maximum atomic E-state index is 12.6. The second kappa shape index (κ2) is 7.04.